The molecule has 0 saturated carbocycles. The second-order valence-corrected chi connectivity index (χ2v) is 6.65. The fourth-order valence-corrected chi connectivity index (χ4v) is 2.93. The third kappa shape index (κ3) is 5.20. The van der Waals surface area contributed by atoms with Crippen LogP contribution in [0, 0.1) is 6.92 Å². The van der Waals surface area contributed by atoms with Crippen molar-refractivity contribution >= 4 is 5.91 Å². The zero-order valence-corrected chi connectivity index (χ0v) is 15.8. The predicted octanol–water partition coefficient (Wildman–Crippen LogP) is 5.46. The Labute approximate surface area is 161 Å². The summed E-state index contributed by atoms with van der Waals surface area (Å²) in [6.45, 7) is 4.61. The highest BCUT2D eigenvalue weighted by Crippen LogP contribution is 2.20. The molecular formula is C24H25NO2. The zero-order chi connectivity index (χ0) is 19.1. The molecule has 0 heterocycles. The lowest BCUT2D eigenvalue weighted by molar-refractivity contribution is 0.0935. The van der Waals surface area contributed by atoms with Crippen LogP contribution >= 0.6 is 0 Å². The Hall–Kier alpha value is -3.07. The van der Waals surface area contributed by atoms with Crippen molar-refractivity contribution < 1.29 is 9.53 Å². The molecule has 3 nitrogen and oxygen atoms in total. The van der Waals surface area contributed by atoms with Crippen LogP contribution in [0.1, 0.15) is 46.4 Å². The van der Waals surface area contributed by atoms with E-state index in [1.165, 1.54) is 5.56 Å². The second-order valence-electron chi connectivity index (χ2n) is 6.65. The maximum absolute atomic E-state index is 12.7. The summed E-state index contributed by atoms with van der Waals surface area (Å²) in [7, 11) is 0. The van der Waals surface area contributed by atoms with Gasteiger partial charge in [0.15, 0.2) is 0 Å². The Balaban J connectivity index is 1.66. The minimum absolute atomic E-state index is 0.00741. The van der Waals surface area contributed by atoms with E-state index in [1.807, 2.05) is 48.5 Å². The SMILES string of the molecule is CCC(NC(=O)c1cccc(OCc2ccccc2)c1)c1ccc(C)cc1. The number of hydrogen-bond acceptors (Lipinski definition) is 2. The Morgan fingerprint density at radius 1 is 0.963 bits per heavy atom. The van der Waals surface area contributed by atoms with Crippen molar-refractivity contribution in [2.75, 3.05) is 0 Å². The molecule has 0 aromatic heterocycles. The van der Waals surface area contributed by atoms with Gasteiger partial charge in [-0.2, -0.15) is 0 Å². The van der Waals surface area contributed by atoms with E-state index in [0.717, 1.165) is 17.5 Å². The summed E-state index contributed by atoms with van der Waals surface area (Å²) in [5, 5.41) is 3.13. The fraction of sp³-hybridized carbons (Fsp3) is 0.208. The topological polar surface area (TPSA) is 38.3 Å². The van der Waals surface area contributed by atoms with E-state index in [2.05, 4.69) is 43.4 Å². The summed E-state index contributed by atoms with van der Waals surface area (Å²) in [6.07, 6.45) is 0.832. The minimum atomic E-state index is -0.0902. The van der Waals surface area contributed by atoms with Crippen molar-refractivity contribution in [2.24, 2.45) is 0 Å². The second kappa shape index (κ2) is 9.04. The zero-order valence-electron chi connectivity index (χ0n) is 15.8. The van der Waals surface area contributed by atoms with Crippen LogP contribution < -0.4 is 10.1 Å². The number of nitrogens with one attached hydrogen (secondary N) is 1. The van der Waals surface area contributed by atoms with Gasteiger partial charge in [0, 0.05) is 5.56 Å². The number of amides is 1. The number of rotatable bonds is 7. The average molecular weight is 359 g/mol. The van der Waals surface area contributed by atoms with Gasteiger partial charge in [0.1, 0.15) is 12.4 Å². The van der Waals surface area contributed by atoms with E-state index in [-0.39, 0.29) is 11.9 Å². The van der Waals surface area contributed by atoms with Gasteiger partial charge in [-0.1, -0.05) is 73.2 Å². The molecule has 0 spiro atoms. The van der Waals surface area contributed by atoms with Gasteiger partial charge in [-0.15, -0.1) is 0 Å². The molecule has 0 aliphatic carbocycles. The van der Waals surface area contributed by atoms with E-state index < -0.39 is 0 Å². The van der Waals surface area contributed by atoms with Crippen LogP contribution in [0.5, 0.6) is 5.75 Å². The Morgan fingerprint density at radius 3 is 2.41 bits per heavy atom. The molecule has 1 unspecified atom stereocenters. The molecule has 138 valence electrons. The van der Waals surface area contributed by atoms with E-state index in [4.69, 9.17) is 4.74 Å². The summed E-state index contributed by atoms with van der Waals surface area (Å²) < 4.78 is 5.83. The van der Waals surface area contributed by atoms with Gasteiger partial charge in [-0.25, -0.2) is 0 Å². The lowest BCUT2D eigenvalue weighted by Gasteiger charge is -2.18. The number of carbonyl (C=O) groups is 1. The molecule has 1 N–H and O–H groups in total. The summed E-state index contributed by atoms with van der Waals surface area (Å²) in [5.74, 6) is 0.600. The normalized spacial score (nSPS) is 11.6. The highest BCUT2D eigenvalue weighted by Gasteiger charge is 2.14. The highest BCUT2D eigenvalue weighted by atomic mass is 16.5. The van der Waals surface area contributed by atoms with Crippen LogP contribution in [0.3, 0.4) is 0 Å². The summed E-state index contributed by atoms with van der Waals surface area (Å²) >= 11 is 0. The first-order valence-electron chi connectivity index (χ1n) is 9.30. The Bertz CT molecular complexity index is 872. The molecule has 1 atom stereocenters. The first kappa shape index (κ1) is 18.7. The average Bonchev–Trinajstić information content (AvgIpc) is 2.72. The maximum atomic E-state index is 12.7. The van der Waals surface area contributed by atoms with Crippen molar-refractivity contribution in [1.82, 2.24) is 5.32 Å². The van der Waals surface area contributed by atoms with Gasteiger partial charge >= 0.3 is 0 Å². The molecule has 1 amide bonds. The molecule has 0 aliphatic rings. The molecule has 3 rings (SSSR count). The molecule has 3 aromatic rings. The molecule has 3 heteroatoms. The van der Waals surface area contributed by atoms with Crippen molar-refractivity contribution in [3.05, 3.63) is 101 Å². The molecule has 3 aromatic carbocycles. The molecule has 0 fully saturated rings. The molecule has 0 radical (unpaired) electrons. The van der Waals surface area contributed by atoms with Gasteiger partial charge in [-0.05, 0) is 42.7 Å². The summed E-state index contributed by atoms with van der Waals surface area (Å²) in [4.78, 5) is 12.7. The Morgan fingerprint density at radius 2 is 1.70 bits per heavy atom. The molecule has 0 saturated heterocycles. The molecule has 27 heavy (non-hydrogen) atoms. The number of benzene rings is 3. The predicted molar refractivity (Wildman–Crippen MR) is 109 cm³/mol. The maximum Gasteiger partial charge on any atom is 0.251 e. The van der Waals surface area contributed by atoms with E-state index in [1.54, 1.807) is 6.07 Å². The van der Waals surface area contributed by atoms with E-state index in [0.29, 0.717) is 17.9 Å². The highest BCUT2D eigenvalue weighted by molar-refractivity contribution is 5.94. The first-order valence-corrected chi connectivity index (χ1v) is 9.30. The number of ether oxygens (including phenoxy) is 1. The van der Waals surface area contributed by atoms with Crippen LogP contribution in [0.4, 0.5) is 0 Å². The van der Waals surface area contributed by atoms with Crippen molar-refractivity contribution in [3.8, 4) is 5.75 Å². The monoisotopic (exact) mass is 359 g/mol. The van der Waals surface area contributed by atoms with Crippen molar-refractivity contribution in [3.63, 3.8) is 0 Å². The molecule has 0 bridgehead atoms. The Kier molecular flexibility index (Phi) is 6.26. The van der Waals surface area contributed by atoms with Gasteiger partial charge < -0.3 is 10.1 Å². The van der Waals surface area contributed by atoms with Crippen LogP contribution in [-0.4, -0.2) is 5.91 Å². The quantitative estimate of drug-likeness (QED) is 0.609. The smallest absolute Gasteiger partial charge is 0.251 e. The third-order valence-electron chi connectivity index (χ3n) is 4.54. The van der Waals surface area contributed by atoms with Gasteiger partial charge in [0.2, 0.25) is 0 Å². The largest absolute Gasteiger partial charge is 0.489 e. The minimum Gasteiger partial charge on any atom is -0.489 e. The number of carbonyl (C=O) groups excluding carboxylic acids is 1. The van der Waals surface area contributed by atoms with Gasteiger partial charge in [0.05, 0.1) is 6.04 Å². The van der Waals surface area contributed by atoms with E-state index in [9.17, 15) is 4.79 Å². The summed E-state index contributed by atoms with van der Waals surface area (Å²) in [6, 6.07) is 25.6. The van der Waals surface area contributed by atoms with Crippen LogP contribution in [0.2, 0.25) is 0 Å². The van der Waals surface area contributed by atoms with Crippen molar-refractivity contribution in [1.29, 1.82) is 0 Å². The van der Waals surface area contributed by atoms with Gasteiger partial charge in [-0.3, -0.25) is 4.79 Å². The third-order valence-corrected chi connectivity index (χ3v) is 4.54. The fourth-order valence-electron chi connectivity index (χ4n) is 2.93. The lowest BCUT2D eigenvalue weighted by atomic mass is 10.0. The first-order chi connectivity index (χ1) is 13.2. The number of hydrogen-bond donors (Lipinski definition) is 1. The molecular weight excluding hydrogens is 334 g/mol. The van der Waals surface area contributed by atoms with Crippen molar-refractivity contribution in [2.45, 2.75) is 32.9 Å². The van der Waals surface area contributed by atoms with Crippen LogP contribution in [-0.2, 0) is 6.61 Å². The lowest BCUT2D eigenvalue weighted by Crippen LogP contribution is -2.28. The van der Waals surface area contributed by atoms with Crippen LogP contribution in [0.15, 0.2) is 78.9 Å². The standard InChI is InChI=1S/C24H25NO2/c1-3-23(20-14-12-18(2)13-15-20)25-24(26)21-10-7-11-22(16-21)27-17-19-8-5-4-6-9-19/h4-16,23H,3,17H2,1-2H3,(H,25,26). The van der Waals surface area contributed by atoms with E-state index >= 15 is 0 Å². The summed E-state index contributed by atoms with van der Waals surface area (Å²) in [5.41, 5.74) is 4.03. The molecule has 0 aliphatic heterocycles. The number of aryl methyl sites for hydroxylation is 1. The van der Waals surface area contributed by atoms with Crippen LogP contribution in [0.25, 0.3) is 0 Å². The van der Waals surface area contributed by atoms with Gasteiger partial charge in [0.25, 0.3) is 5.91 Å².